The van der Waals surface area contributed by atoms with Gasteiger partial charge in [0.1, 0.15) is 18.2 Å². The molecule has 0 aliphatic rings. The number of hydrogen-bond acceptors (Lipinski definition) is 4. The van der Waals surface area contributed by atoms with Crippen LogP contribution in [-0.2, 0) is 30.9 Å². The van der Waals surface area contributed by atoms with E-state index < -0.39 is 5.97 Å². The van der Waals surface area contributed by atoms with Gasteiger partial charge in [-0.1, -0.05) is 55.3 Å². The van der Waals surface area contributed by atoms with E-state index in [2.05, 4.69) is 16.5 Å². The number of halogens is 1. The zero-order valence-corrected chi connectivity index (χ0v) is 18.6. The lowest BCUT2D eigenvalue weighted by molar-refractivity contribution is 0.0694. The number of unbranched alkanes of at least 4 members (excludes halogenated alkanes) is 1. The first kappa shape index (κ1) is 22.8. The maximum Gasteiger partial charge on any atom is 0.336 e. The lowest BCUT2D eigenvalue weighted by Crippen LogP contribution is -2.10. The fourth-order valence-electron chi connectivity index (χ4n) is 3.38. The smallest absolute Gasteiger partial charge is 0.336 e. The Morgan fingerprint density at radius 1 is 1.13 bits per heavy atom. The summed E-state index contributed by atoms with van der Waals surface area (Å²) in [5.74, 6) is 0.680. The largest absolute Gasteiger partial charge is 0.489 e. The van der Waals surface area contributed by atoms with E-state index in [1.807, 2.05) is 24.3 Å². The van der Waals surface area contributed by atoms with Crippen LogP contribution in [0, 0.1) is 0 Å². The predicted octanol–water partition coefficient (Wildman–Crippen LogP) is 5.35. The van der Waals surface area contributed by atoms with Gasteiger partial charge in [0.15, 0.2) is 5.15 Å². The van der Waals surface area contributed by atoms with E-state index in [-0.39, 0.29) is 12.2 Å². The number of imidazole rings is 1. The molecular weight excluding hydrogens is 416 g/mol. The maximum atomic E-state index is 11.3. The van der Waals surface area contributed by atoms with E-state index in [4.69, 9.17) is 21.1 Å². The topological polar surface area (TPSA) is 73.6 Å². The molecular formula is C24H27ClN2O4. The van der Waals surface area contributed by atoms with E-state index >= 15 is 0 Å². The number of aromatic carboxylic acids is 1. The zero-order valence-electron chi connectivity index (χ0n) is 17.8. The van der Waals surface area contributed by atoms with Crippen LogP contribution in [-0.4, -0.2) is 27.7 Å². The van der Waals surface area contributed by atoms with Gasteiger partial charge >= 0.3 is 5.97 Å². The SMILES string of the molecule is CCCCc1nc(Cl)c(COC)n1Cc1ccc(OCc2ccccc2C(=O)O)cc1. The highest BCUT2D eigenvalue weighted by molar-refractivity contribution is 6.30. The third-order valence-corrected chi connectivity index (χ3v) is 5.35. The minimum Gasteiger partial charge on any atom is -0.489 e. The van der Waals surface area contributed by atoms with Crippen molar-refractivity contribution in [3.63, 3.8) is 0 Å². The van der Waals surface area contributed by atoms with Crippen molar-refractivity contribution in [2.24, 2.45) is 0 Å². The average Bonchev–Trinajstić information content (AvgIpc) is 3.06. The Morgan fingerprint density at radius 2 is 1.87 bits per heavy atom. The number of rotatable bonds is 11. The van der Waals surface area contributed by atoms with E-state index in [0.29, 0.717) is 29.6 Å². The molecule has 0 saturated heterocycles. The molecule has 0 unspecified atom stereocenters. The fraction of sp³-hybridized carbons (Fsp3) is 0.333. The van der Waals surface area contributed by atoms with Crippen LogP contribution >= 0.6 is 11.6 Å². The predicted molar refractivity (Wildman–Crippen MR) is 120 cm³/mol. The van der Waals surface area contributed by atoms with Crippen LogP contribution in [0.5, 0.6) is 5.75 Å². The second-order valence-electron chi connectivity index (χ2n) is 7.28. The number of benzene rings is 2. The van der Waals surface area contributed by atoms with Crippen molar-refractivity contribution < 1.29 is 19.4 Å². The summed E-state index contributed by atoms with van der Waals surface area (Å²) in [6.45, 7) is 3.39. The Morgan fingerprint density at radius 3 is 2.55 bits per heavy atom. The standard InChI is InChI=1S/C24H27ClN2O4/c1-3-4-9-22-26-23(25)21(16-30-2)27(22)14-17-10-12-19(13-11-17)31-15-18-7-5-6-8-20(18)24(28)29/h5-8,10-13H,3-4,9,14-16H2,1-2H3,(H,28,29). The van der Waals surface area contributed by atoms with Crippen LogP contribution in [0.3, 0.4) is 0 Å². The number of carboxylic acids is 1. The Kier molecular flexibility index (Phi) is 8.09. The minimum absolute atomic E-state index is 0.193. The van der Waals surface area contributed by atoms with Gasteiger partial charge in [-0.2, -0.15) is 0 Å². The molecule has 1 aromatic heterocycles. The first-order valence-corrected chi connectivity index (χ1v) is 10.7. The maximum absolute atomic E-state index is 11.3. The number of carboxylic acid groups (broad SMARTS) is 1. The van der Waals surface area contributed by atoms with Gasteiger partial charge in [-0.05, 0) is 30.2 Å². The molecule has 0 amide bonds. The molecule has 0 bridgehead atoms. The van der Waals surface area contributed by atoms with Gasteiger partial charge in [0.25, 0.3) is 0 Å². The quantitative estimate of drug-likeness (QED) is 0.433. The van der Waals surface area contributed by atoms with Gasteiger partial charge in [0, 0.05) is 25.6 Å². The highest BCUT2D eigenvalue weighted by Gasteiger charge is 2.16. The highest BCUT2D eigenvalue weighted by Crippen LogP contribution is 2.23. The Balaban J connectivity index is 1.72. The first-order chi connectivity index (χ1) is 15.0. The van der Waals surface area contributed by atoms with E-state index in [1.54, 1.807) is 31.4 Å². The second kappa shape index (κ2) is 11.0. The number of carbonyl (C=O) groups is 1. The first-order valence-electron chi connectivity index (χ1n) is 10.3. The molecule has 1 N–H and O–H groups in total. The van der Waals surface area contributed by atoms with Gasteiger partial charge < -0.3 is 19.1 Å². The lowest BCUT2D eigenvalue weighted by Gasteiger charge is -2.13. The number of hydrogen-bond donors (Lipinski definition) is 1. The summed E-state index contributed by atoms with van der Waals surface area (Å²) in [5, 5.41) is 9.79. The molecule has 3 aromatic rings. The molecule has 0 aliphatic carbocycles. The molecule has 0 radical (unpaired) electrons. The molecule has 3 rings (SSSR count). The molecule has 0 spiro atoms. The minimum atomic E-state index is -0.959. The Labute approximate surface area is 187 Å². The molecule has 7 heteroatoms. The highest BCUT2D eigenvalue weighted by atomic mass is 35.5. The van der Waals surface area contributed by atoms with Crippen LogP contribution in [0.2, 0.25) is 5.15 Å². The van der Waals surface area contributed by atoms with E-state index in [1.165, 1.54) is 0 Å². The van der Waals surface area contributed by atoms with E-state index in [0.717, 1.165) is 36.3 Å². The molecule has 31 heavy (non-hydrogen) atoms. The van der Waals surface area contributed by atoms with Crippen LogP contribution < -0.4 is 4.74 Å². The summed E-state index contributed by atoms with van der Waals surface area (Å²) < 4.78 is 13.3. The summed E-state index contributed by atoms with van der Waals surface area (Å²) >= 11 is 6.36. The van der Waals surface area contributed by atoms with Crippen molar-refractivity contribution in [3.05, 3.63) is 81.9 Å². The van der Waals surface area contributed by atoms with Crippen molar-refractivity contribution in [2.45, 2.75) is 45.9 Å². The number of methoxy groups -OCH3 is 1. The molecule has 0 atom stereocenters. The van der Waals surface area contributed by atoms with Crippen molar-refractivity contribution in [1.29, 1.82) is 0 Å². The third kappa shape index (κ3) is 5.87. The summed E-state index contributed by atoms with van der Waals surface area (Å²) in [6.07, 6.45) is 3.00. The summed E-state index contributed by atoms with van der Waals surface area (Å²) in [7, 11) is 1.65. The fourth-order valence-corrected chi connectivity index (χ4v) is 3.64. The number of aromatic nitrogens is 2. The molecule has 0 saturated carbocycles. The van der Waals surface area contributed by atoms with Gasteiger partial charge in [0.2, 0.25) is 0 Å². The van der Waals surface area contributed by atoms with Gasteiger partial charge in [-0.15, -0.1) is 0 Å². The second-order valence-corrected chi connectivity index (χ2v) is 7.64. The van der Waals surface area contributed by atoms with Gasteiger partial charge in [0.05, 0.1) is 17.9 Å². The summed E-state index contributed by atoms with van der Waals surface area (Å²) in [5.41, 5.74) is 2.85. The monoisotopic (exact) mass is 442 g/mol. The number of ether oxygens (including phenoxy) is 2. The van der Waals surface area contributed by atoms with Crippen molar-refractivity contribution >= 4 is 17.6 Å². The number of nitrogens with zero attached hydrogens (tertiary/aromatic N) is 2. The van der Waals surface area contributed by atoms with Crippen molar-refractivity contribution in [3.8, 4) is 5.75 Å². The molecule has 164 valence electrons. The van der Waals surface area contributed by atoms with Gasteiger partial charge in [-0.25, -0.2) is 9.78 Å². The zero-order chi connectivity index (χ0) is 22.2. The molecule has 1 heterocycles. The molecule has 6 nitrogen and oxygen atoms in total. The van der Waals surface area contributed by atoms with Crippen LogP contribution in [0.15, 0.2) is 48.5 Å². The molecule has 2 aromatic carbocycles. The summed E-state index contributed by atoms with van der Waals surface area (Å²) in [6, 6.07) is 14.6. The lowest BCUT2D eigenvalue weighted by atomic mass is 10.1. The summed E-state index contributed by atoms with van der Waals surface area (Å²) in [4.78, 5) is 15.9. The van der Waals surface area contributed by atoms with Crippen LogP contribution in [0.25, 0.3) is 0 Å². The van der Waals surface area contributed by atoms with Crippen molar-refractivity contribution in [1.82, 2.24) is 9.55 Å². The van der Waals surface area contributed by atoms with Crippen LogP contribution in [0.1, 0.15) is 52.8 Å². The normalized spacial score (nSPS) is 10.9. The third-order valence-electron chi connectivity index (χ3n) is 5.04. The number of aryl methyl sites for hydroxylation is 1. The average molecular weight is 443 g/mol. The van der Waals surface area contributed by atoms with Crippen LogP contribution in [0.4, 0.5) is 0 Å². The molecule has 0 aliphatic heterocycles. The van der Waals surface area contributed by atoms with Gasteiger partial charge in [-0.3, -0.25) is 0 Å². The molecule has 0 fully saturated rings. The Hall–Kier alpha value is -2.83. The Bertz CT molecular complexity index is 1010. The van der Waals surface area contributed by atoms with E-state index in [9.17, 15) is 9.90 Å². The van der Waals surface area contributed by atoms with Crippen molar-refractivity contribution in [2.75, 3.05) is 7.11 Å².